The number of nitrogens with zero attached hydrogens (tertiary/aromatic N) is 2. The summed E-state index contributed by atoms with van der Waals surface area (Å²) in [5.41, 5.74) is 0.310. The maximum atomic E-state index is 13.1. The Morgan fingerprint density at radius 2 is 1.73 bits per heavy atom. The minimum Gasteiger partial charge on any atom is -0.352 e. The van der Waals surface area contributed by atoms with E-state index < -0.39 is 17.6 Å². The molecular weight excluding hydrogens is 348 g/mol. The quantitative estimate of drug-likeness (QED) is 0.495. The van der Waals surface area contributed by atoms with Gasteiger partial charge >= 0.3 is 6.18 Å². The first kappa shape index (κ1) is 19.2. The standard InChI is InChI=1S/C18H16F4N4/c1-24-17(25-10-13-4-2-12(9-23)3-5-13)26-11-14-6-7-15(19)8-16(14)18(20,21)22/h2-8H,10-11H2,1H3,(H2,24,25,26). The van der Waals surface area contributed by atoms with E-state index in [2.05, 4.69) is 15.6 Å². The zero-order chi connectivity index (χ0) is 19.2. The van der Waals surface area contributed by atoms with Crippen LogP contribution in [-0.4, -0.2) is 13.0 Å². The number of alkyl halides is 3. The number of hydrogen-bond donors (Lipinski definition) is 2. The molecule has 0 aliphatic heterocycles. The highest BCUT2D eigenvalue weighted by Crippen LogP contribution is 2.32. The van der Waals surface area contributed by atoms with E-state index in [1.54, 1.807) is 24.3 Å². The van der Waals surface area contributed by atoms with Crippen LogP contribution in [0.25, 0.3) is 0 Å². The van der Waals surface area contributed by atoms with Gasteiger partial charge in [-0.3, -0.25) is 4.99 Å². The largest absolute Gasteiger partial charge is 0.416 e. The van der Waals surface area contributed by atoms with E-state index in [4.69, 9.17) is 5.26 Å². The Balaban J connectivity index is 2.00. The Hall–Kier alpha value is -3.08. The minimum atomic E-state index is -4.64. The molecule has 0 bridgehead atoms. The average molecular weight is 364 g/mol. The van der Waals surface area contributed by atoms with Crippen LogP contribution in [0, 0.1) is 17.1 Å². The molecule has 0 heterocycles. The molecule has 26 heavy (non-hydrogen) atoms. The fourth-order valence-electron chi connectivity index (χ4n) is 2.25. The number of aliphatic imine (C=N–C) groups is 1. The summed E-state index contributed by atoms with van der Waals surface area (Å²) in [6.07, 6.45) is -4.64. The zero-order valence-corrected chi connectivity index (χ0v) is 13.9. The van der Waals surface area contributed by atoms with Crippen LogP contribution in [0.15, 0.2) is 47.5 Å². The van der Waals surface area contributed by atoms with Crippen LogP contribution >= 0.6 is 0 Å². The predicted octanol–water partition coefficient (Wildman–Crippen LogP) is 3.58. The number of hydrogen-bond acceptors (Lipinski definition) is 2. The molecule has 0 saturated carbocycles. The highest BCUT2D eigenvalue weighted by molar-refractivity contribution is 5.79. The molecule has 0 aliphatic rings. The smallest absolute Gasteiger partial charge is 0.352 e. The summed E-state index contributed by atoms with van der Waals surface area (Å²) in [7, 11) is 1.49. The van der Waals surface area contributed by atoms with Crippen molar-refractivity contribution in [3.8, 4) is 6.07 Å². The summed E-state index contributed by atoms with van der Waals surface area (Å²) in [5.74, 6) is -0.642. The van der Waals surface area contributed by atoms with Crippen molar-refractivity contribution in [1.82, 2.24) is 10.6 Å². The molecule has 0 aromatic heterocycles. The van der Waals surface area contributed by atoms with Gasteiger partial charge in [0.2, 0.25) is 0 Å². The summed E-state index contributed by atoms with van der Waals surface area (Å²) in [5, 5.41) is 14.5. The first-order chi connectivity index (χ1) is 12.3. The van der Waals surface area contributed by atoms with Crippen LogP contribution in [0.5, 0.6) is 0 Å². The maximum absolute atomic E-state index is 13.1. The van der Waals surface area contributed by atoms with Crippen LogP contribution < -0.4 is 10.6 Å². The van der Waals surface area contributed by atoms with Gasteiger partial charge in [0, 0.05) is 20.1 Å². The normalized spacial score (nSPS) is 11.8. The highest BCUT2D eigenvalue weighted by atomic mass is 19.4. The molecule has 136 valence electrons. The third kappa shape index (κ3) is 5.21. The second kappa shape index (κ2) is 8.34. The number of halogens is 4. The molecule has 0 atom stereocenters. The van der Waals surface area contributed by atoms with Crippen molar-refractivity contribution >= 4 is 5.96 Å². The molecule has 0 saturated heterocycles. The molecule has 0 radical (unpaired) electrons. The van der Waals surface area contributed by atoms with Gasteiger partial charge in [-0.2, -0.15) is 18.4 Å². The molecule has 0 fully saturated rings. The van der Waals surface area contributed by atoms with Crippen LogP contribution in [0.3, 0.4) is 0 Å². The van der Waals surface area contributed by atoms with Crippen LogP contribution in [0.4, 0.5) is 17.6 Å². The Morgan fingerprint density at radius 3 is 2.31 bits per heavy atom. The van der Waals surface area contributed by atoms with Gasteiger partial charge < -0.3 is 10.6 Å². The lowest BCUT2D eigenvalue weighted by molar-refractivity contribution is -0.138. The number of nitrogens with one attached hydrogen (secondary N) is 2. The van der Waals surface area contributed by atoms with Gasteiger partial charge in [0.1, 0.15) is 5.82 Å². The van der Waals surface area contributed by atoms with Gasteiger partial charge in [-0.1, -0.05) is 18.2 Å². The van der Waals surface area contributed by atoms with Crippen molar-refractivity contribution in [1.29, 1.82) is 5.26 Å². The van der Waals surface area contributed by atoms with Crippen LogP contribution in [-0.2, 0) is 19.3 Å². The Morgan fingerprint density at radius 1 is 1.08 bits per heavy atom. The molecule has 4 nitrogen and oxygen atoms in total. The third-order valence-corrected chi connectivity index (χ3v) is 3.59. The Kier molecular flexibility index (Phi) is 6.17. The van der Waals surface area contributed by atoms with Gasteiger partial charge in [-0.25, -0.2) is 4.39 Å². The number of benzene rings is 2. The molecule has 2 N–H and O–H groups in total. The molecule has 2 aromatic carbocycles. The van der Waals surface area contributed by atoms with Crippen molar-refractivity contribution in [2.24, 2.45) is 4.99 Å². The molecule has 0 spiro atoms. The summed E-state index contributed by atoms with van der Waals surface area (Å²) in [6.45, 7) is 0.211. The van der Waals surface area contributed by atoms with Crippen molar-refractivity contribution < 1.29 is 17.6 Å². The van der Waals surface area contributed by atoms with E-state index in [9.17, 15) is 17.6 Å². The molecule has 0 amide bonds. The SMILES string of the molecule is CN=C(NCc1ccc(C#N)cc1)NCc1ccc(F)cc1C(F)(F)F. The van der Waals surface area contributed by atoms with E-state index in [0.29, 0.717) is 24.1 Å². The summed E-state index contributed by atoms with van der Waals surface area (Å²) in [4.78, 5) is 3.95. The minimum absolute atomic E-state index is 0.0831. The molecule has 0 aliphatic carbocycles. The second-order valence-corrected chi connectivity index (χ2v) is 5.39. The van der Waals surface area contributed by atoms with Crippen molar-refractivity contribution in [2.45, 2.75) is 19.3 Å². The first-order valence-electron chi connectivity index (χ1n) is 7.62. The molecule has 2 aromatic rings. The van der Waals surface area contributed by atoms with E-state index >= 15 is 0 Å². The third-order valence-electron chi connectivity index (χ3n) is 3.59. The van der Waals surface area contributed by atoms with Gasteiger partial charge in [0.05, 0.1) is 17.2 Å². The van der Waals surface area contributed by atoms with Crippen LogP contribution in [0.2, 0.25) is 0 Å². The van der Waals surface area contributed by atoms with Crippen molar-refractivity contribution in [3.63, 3.8) is 0 Å². The van der Waals surface area contributed by atoms with E-state index in [0.717, 1.165) is 17.7 Å². The number of guanidine groups is 1. The van der Waals surface area contributed by atoms with Crippen LogP contribution in [0.1, 0.15) is 22.3 Å². The summed E-state index contributed by atoms with van der Waals surface area (Å²) >= 11 is 0. The Bertz CT molecular complexity index is 821. The summed E-state index contributed by atoms with van der Waals surface area (Å²) in [6, 6.07) is 11.4. The first-order valence-corrected chi connectivity index (χ1v) is 7.62. The number of rotatable bonds is 4. The predicted molar refractivity (Wildman–Crippen MR) is 89.6 cm³/mol. The number of nitriles is 1. The van der Waals surface area contributed by atoms with Gasteiger partial charge in [-0.05, 0) is 35.4 Å². The second-order valence-electron chi connectivity index (χ2n) is 5.39. The van der Waals surface area contributed by atoms with Crippen molar-refractivity contribution in [2.75, 3.05) is 7.05 Å². The summed E-state index contributed by atoms with van der Waals surface area (Å²) < 4.78 is 52.1. The zero-order valence-electron chi connectivity index (χ0n) is 13.9. The molecule has 0 unspecified atom stereocenters. The highest BCUT2D eigenvalue weighted by Gasteiger charge is 2.33. The van der Waals surface area contributed by atoms with Gasteiger partial charge in [-0.15, -0.1) is 0 Å². The molecule has 2 rings (SSSR count). The molecule has 8 heteroatoms. The Labute approximate surface area is 148 Å². The lowest BCUT2D eigenvalue weighted by atomic mass is 10.1. The lowest BCUT2D eigenvalue weighted by Crippen LogP contribution is -2.36. The van der Waals surface area contributed by atoms with E-state index in [-0.39, 0.29) is 12.1 Å². The molecular formula is C18H16F4N4. The average Bonchev–Trinajstić information content (AvgIpc) is 2.62. The monoisotopic (exact) mass is 364 g/mol. The fourth-order valence-corrected chi connectivity index (χ4v) is 2.25. The maximum Gasteiger partial charge on any atom is 0.416 e. The topological polar surface area (TPSA) is 60.2 Å². The van der Waals surface area contributed by atoms with Gasteiger partial charge in [0.25, 0.3) is 0 Å². The van der Waals surface area contributed by atoms with Crippen molar-refractivity contribution in [3.05, 3.63) is 70.5 Å². The van der Waals surface area contributed by atoms with E-state index in [1.807, 2.05) is 6.07 Å². The lowest BCUT2D eigenvalue weighted by Gasteiger charge is -2.16. The van der Waals surface area contributed by atoms with E-state index in [1.165, 1.54) is 7.05 Å². The fraction of sp³-hybridized carbons (Fsp3) is 0.222. The van der Waals surface area contributed by atoms with Gasteiger partial charge in [0.15, 0.2) is 5.96 Å².